The van der Waals surface area contributed by atoms with E-state index in [4.69, 9.17) is 4.42 Å². The summed E-state index contributed by atoms with van der Waals surface area (Å²) in [5, 5.41) is 11.9. The van der Waals surface area contributed by atoms with Crippen molar-refractivity contribution in [2.75, 3.05) is 0 Å². The van der Waals surface area contributed by atoms with Gasteiger partial charge in [0, 0.05) is 22.9 Å². The summed E-state index contributed by atoms with van der Waals surface area (Å²) >= 11 is 0. The van der Waals surface area contributed by atoms with Gasteiger partial charge >= 0.3 is 0 Å². The van der Waals surface area contributed by atoms with Crippen molar-refractivity contribution in [1.29, 1.82) is 5.26 Å². The highest BCUT2D eigenvalue weighted by Crippen LogP contribution is 2.43. The molecule has 0 bridgehead atoms. The fourth-order valence-corrected chi connectivity index (χ4v) is 4.65. The highest BCUT2D eigenvalue weighted by atomic mass is 16.3. The number of fused-ring (bicyclic) bond motifs is 3. The Balaban J connectivity index is 1.97. The molecule has 2 heterocycles. The number of furan rings is 1. The van der Waals surface area contributed by atoms with E-state index >= 15 is 0 Å². The summed E-state index contributed by atoms with van der Waals surface area (Å²) in [6.07, 6.45) is 2.03. The van der Waals surface area contributed by atoms with E-state index in [1.54, 1.807) is 0 Å². The number of nitrogens with zero attached hydrogens (tertiary/aromatic N) is 2. The molecule has 0 atom stereocenters. The Labute approximate surface area is 181 Å². The van der Waals surface area contributed by atoms with Crippen molar-refractivity contribution in [3.05, 3.63) is 89.1 Å². The minimum Gasteiger partial charge on any atom is -0.455 e. The number of aryl methyl sites for hydroxylation is 4. The molecular formula is C28H23N2O+. The summed E-state index contributed by atoms with van der Waals surface area (Å²) in [4.78, 5) is 0. The first kappa shape index (κ1) is 19.1. The average molecular weight is 404 g/mol. The molecule has 31 heavy (non-hydrogen) atoms. The van der Waals surface area contributed by atoms with Crippen LogP contribution in [0.1, 0.15) is 22.3 Å². The zero-order valence-corrected chi connectivity index (χ0v) is 18.2. The van der Waals surface area contributed by atoms with E-state index in [-0.39, 0.29) is 0 Å². The standard InChI is InChI=1S/C28H23N2O/c1-17-11-12-21(18(2)14-17)22-8-7-10-24-27(22)26-20(16-29)15-19(3)25(28(26)31-24)23-9-5-6-13-30(23)4/h5-15H,1-4H3/q+1. The Morgan fingerprint density at radius 1 is 0.839 bits per heavy atom. The van der Waals surface area contributed by atoms with Gasteiger partial charge in [0.15, 0.2) is 11.8 Å². The van der Waals surface area contributed by atoms with Gasteiger partial charge in [0.1, 0.15) is 12.6 Å². The lowest BCUT2D eigenvalue weighted by atomic mass is 9.91. The summed E-state index contributed by atoms with van der Waals surface area (Å²) in [6.45, 7) is 6.28. The largest absolute Gasteiger partial charge is 0.455 e. The predicted octanol–water partition coefficient (Wildman–Crippen LogP) is 6.54. The molecule has 0 aliphatic heterocycles. The van der Waals surface area contributed by atoms with Crippen LogP contribution in [0.25, 0.3) is 44.3 Å². The molecule has 0 saturated heterocycles. The fraction of sp³-hybridized carbons (Fsp3) is 0.143. The molecule has 0 N–H and O–H groups in total. The van der Waals surface area contributed by atoms with Gasteiger partial charge in [0.05, 0.1) is 17.2 Å². The van der Waals surface area contributed by atoms with E-state index in [0.717, 1.165) is 49.9 Å². The van der Waals surface area contributed by atoms with E-state index in [1.807, 2.05) is 50.5 Å². The first-order valence-corrected chi connectivity index (χ1v) is 10.4. The van der Waals surface area contributed by atoms with E-state index in [1.165, 1.54) is 11.1 Å². The molecule has 0 spiro atoms. The Hall–Kier alpha value is -3.90. The SMILES string of the molecule is Cc1ccc(-c2cccc3oc4c(-c5cccc[n+]5C)c(C)cc(C#N)c4c23)c(C)c1. The minimum absolute atomic E-state index is 0.644. The normalized spacial score (nSPS) is 11.2. The van der Waals surface area contributed by atoms with Crippen LogP contribution in [-0.2, 0) is 7.05 Å². The molecule has 3 heteroatoms. The first-order valence-electron chi connectivity index (χ1n) is 10.4. The Kier molecular flexibility index (Phi) is 4.38. The molecule has 5 rings (SSSR count). The van der Waals surface area contributed by atoms with Crippen molar-refractivity contribution in [2.45, 2.75) is 20.8 Å². The number of pyridine rings is 1. The number of benzene rings is 3. The predicted molar refractivity (Wildman–Crippen MR) is 125 cm³/mol. The van der Waals surface area contributed by atoms with Crippen LogP contribution in [-0.4, -0.2) is 0 Å². The summed E-state index contributed by atoms with van der Waals surface area (Å²) in [5.74, 6) is 0. The van der Waals surface area contributed by atoms with Crippen LogP contribution in [0.15, 0.2) is 71.3 Å². The monoisotopic (exact) mass is 403 g/mol. The van der Waals surface area contributed by atoms with Gasteiger partial charge in [-0.05, 0) is 61.2 Å². The number of hydrogen-bond donors (Lipinski definition) is 0. The smallest absolute Gasteiger partial charge is 0.216 e. The third-order valence-corrected chi connectivity index (χ3v) is 6.07. The lowest BCUT2D eigenvalue weighted by Gasteiger charge is -2.10. The zero-order valence-electron chi connectivity index (χ0n) is 18.2. The number of aromatic nitrogens is 1. The van der Waals surface area contributed by atoms with Crippen molar-refractivity contribution in [3.63, 3.8) is 0 Å². The summed E-state index contributed by atoms with van der Waals surface area (Å²) in [5.41, 5.74) is 10.0. The summed E-state index contributed by atoms with van der Waals surface area (Å²) < 4.78 is 8.57. The van der Waals surface area contributed by atoms with E-state index < -0.39 is 0 Å². The maximum Gasteiger partial charge on any atom is 0.216 e. The highest BCUT2D eigenvalue weighted by Gasteiger charge is 2.24. The van der Waals surface area contributed by atoms with E-state index in [2.05, 4.69) is 54.8 Å². The molecule has 0 unspecified atom stereocenters. The van der Waals surface area contributed by atoms with Gasteiger partial charge in [-0.15, -0.1) is 0 Å². The molecule has 5 aromatic rings. The van der Waals surface area contributed by atoms with Crippen molar-refractivity contribution in [2.24, 2.45) is 7.05 Å². The zero-order chi connectivity index (χ0) is 21.7. The molecular weight excluding hydrogens is 380 g/mol. The van der Waals surface area contributed by atoms with Crippen molar-refractivity contribution in [3.8, 4) is 28.5 Å². The topological polar surface area (TPSA) is 40.8 Å². The van der Waals surface area contributed by atoms with Gasteiger partial charge in [0.2, 0.25) is 5.69 Å². The van der Waals surface area contributed by atoms with E-state index in [9.17, 15) is 5.26 Å². The second-order valence-electron chi connectivity index (χ2n) is 8.23. The number of hydrogen-bond acceptors (Lipinski definition) is 2. The number of nitriles is 1. The second-order valence-corrected chi connectivity index (χ2v) is 8.23. The van der Waals surface area contributed by atoms with Crippen molar-refractivity contribution in [1.82, 2.24) is 0 Å². The fourth-order valence-electron chi connectivity index (χ4n) is 4.65. The van der Waals surface area contributed by atoms with Gasteiger partial charge in [-0.3, -0.25) is 0 Å². The van der Waals surface area contributed by atoms with Crippen LogP contribution < -0.4 is 4.57 Å². The summed E-state index contributed by atoms with van der Waals surface area (Å²) in [7, 11) is 2.03. The van der Waals surface area contributed by atoms with Crippen LogP contribution in [0.3, 0.4) is 0 Å². The van der Waals surface area contributed by atoms with Gasteiger partial charge < -0.3 is 4.42 Å². The Morgan fingerprint density at radius 3 is 2.42 bits per heavy atom. The van der Waals surface area contributed by atoms with Gasteiger partial charge in [0.25, 0.3) is 0 Å². The third kappa shape index (κ3) is 2.92. The molecule has 0 aliphatic rings. The molecule has 3 nitrogen and oxygen atoms in total. The highest BCUT2D eigenvalue weighted by molar-refractivity contribution is 6.17. The molecule has 0 aliphatic carbocycles. The Morgan fingerprint density at radius 2 is 1.68 bits per heavy atom. The molecule has 0 fully saturated rings. The number of rotatable bonds is 2. The molecule has 0 saturated carbocycles. The summed E-state index contributed by atoms with van der Waals surface area (Å²) in [6, 6.07) is 23.2. The quantitative estimate of drug-likeness (QED) is 0.314. The average Bonchev–Trinajstić information content (AvgIpc) is 3.14. The lowest BCUT2D eigenvalue weighted by Crippen LogP contribution is -2.30. The van der Waals surface area contributed by atoms with Crippen molar-refractivity contribution < 1.29 is 8.98 Å². The molecule has 150 valence electrons. The maximum absolute atomic E-state index is 10.0. The van der Waals surface area contributed by atoms with Crippen LogP contribution in [0.5, 0.6) is 0 Å². The van der Waals surface area contributed by atoms with E-state index in [0.29, 0.717) is 5.56 Å². The minimum atomic E-state index is 0.644. The second kappa shape index (κ2) is 7.11. The third-order valence-electron chi connectivity index (χ3n) is 6.07. The first-order chi connectivity index (χ1) is 15.0. The van der Waals surface area contributed by atoms with Gasteiger partial charge in [-0.1, -0.05) is 35.9 Å². The van der Waals surface area contributed by atoms with Gasteiger partial charge in [-0.2, -0.15) is 5.26 Å². The van der Waals surface area contributed by atoms with Gasteiger partial charge in [-0.25, -0.2) is 4.57 Å². The molecule has 0 amide bonds. The molecule has 2 aromatic heterocycles. The lowest BCUT2D eigenvalue weighted by molar-refractivity contribution is -0.660. The molecule has 3 aromatic carbocycles. The molecule has 0 radical (unpaired) electrons. The van der Waals surface area contributed by atoms with Crippen LogP contribution in [0, 0.1) is 32.1 Å². The van der Waals surface area contributed by atoms with Crippen molar-refractivity contribution >= 4 is 21.9 Å². The Bertz CT molecular complexity index is 1530. The van der Waals surface area contributed by atoms with Crippen LogP contribution >= 0.6 is 0 Å². The van der Waals surface area contributed by atoms with Crippen LogP contribution in [0.4, 0.5) is 0 Å². The maximum atomic E-state index is 10.0. The van der Waals surface area contributed by atoms with Crippen LogP contribution in [0.2, 0.25) is 0 Å².